The molecule has 128 valence electrons. The molecule has 0 saturated carbocycles. The Morgan fingerprint density at radius 1 is 0.870 bits per heavy atom. The van der Waals surface area contributed by atoms with Gasteiger partial charge in [-0.1, -0.05) is 0 Å². The summed E-state index contributed by atoms with van der Waals surface area (Å²) in [7, 11) is 4.57. The van der Waals surface area contributed by atoms with Gasteiger partial charge in [0.05, 0.1) is 0 Å². The summed E-state index contributed by atoms with van der Waals surface area (Å²) >= 11 is -3.36. The molecule has 0 fully saturated rings. The van der Waals surface area contributed by atoms with Crippen molar-refractivity contribution >= 4 is 11.4 Å². The maximum absolute atomic E-state index is 5.16. The van der Waals surface area contributed by atoms with Crippen molar-refractivity contribution in [3.63, 3.8) is 0 Å². The number of hydrogen-bond donors (Lipinski definition) is 0. The van der Waals surface area contributed by atoms with E-state index in [1.54, 1.807) is 0 Å². The first kappa shape index (κ1) is 19.0. The van der Waals surface area contributed by atoms with Crippen molar-refractivity contribution in [2.45, 2.75) is 48.0 Å². The Kier molecular flexibility index (Phi) is 5.35. The van der Waals surface area contributed by atoms with Crippen LogP contribution < -0.4 is 0 Å². The van der Waals surface area contributed by atoms with Crippen LogP contribution in [0.2, 0.25) is 0 Å². The molecule has 0 N–H and O–H groups in total. The second-order valence-electron chi connectivity index (χ2n) is 7.17. The second-order valence-corrected chi connectivity index (χ2v) is 19.2. The molecule has 2 aliphatic rings. The molecule has 4 nitrogen and oxygen atoms in total. The molecule has 2 unspecified atom stereocenters. The first-order chi connectivity index (χ1) is 10.7. The van der Waals surface area contributed by atoms with E-state index in [0.29, 0.717) is 0 Å². The molecule has 2 rings (SSSR count). The quantitative estimate of drug-likeness (QED) is 0.690. The third-order valence-electron chi connectivity index (χ3n) is 5.58. The van der Waals surface area contributed by atoms with Gasteiger partial charge in [-0.15, -0.1) is 0 Å². The molecule has 0 amide bonds. The van der Waals surface area contributed by atoms with E-state index in [0.717, 1.165) is 24.5 Å². The Balaban J connectivity index is 2.78. The van der Waals surface area contributed by atoms with Gasteiger partial charge in [0.1, 0.15) is 0 Å². The van der Waals surface area contributed by atoms with Gasteiger partial charge in [0, 0.05) is 0 Å². The molecule has 0 bridgehead atoms. The van der Waals surface area contributed by atoms with Crippen molar-refractivity contribution in [2.24, 2.45) is 9.98 Å². The van der Waals surface area contributed by atoms with Crippen LogP contribution in [-0.4, -0.2) is 50.8 Å². The van der Waals surface area contributed by atoms with Crippen LogP contribution in [0.15, 0.2) is 34.3 Å². The molecule has 0 spiro atoms. The van der Waals surface area contributed by atoms with E-state index in [2.05, 4.69) is 85.6 Å². The zero-order valence-electron chi connectivity index (χ0n) is 16.0. The number of rotatable bonds is 6. The molecule has 0 aromatic carbocycles. The summed E-state index contributed by atoms with van der Waals surface area (Å²) < 4.78 is 4.94. The number of hydrogen-bond acceptors (Lipinski definition) is 4. The molecule has 2 aliphatic heterocycles. The fourth-order valence-corrected chi connectivity index (χ4v) is 21.6. The molecule has 0 aliphatic carbocycles. The van der Waals surface area contributed by atoms with Gasteiger partial charge in [-0.05, 0) is 0 Å². The summed E-state index contributed by atoms with van der Waals surface area (Å²) in [6, 6.07) is 0. The summed E-state index contributed by atoms with van der Waals surface area (Å²) in [6.45, 7) is 15.4. The standard InChI is InChI=1S/2C6H8N.2C3H8N.Zr/c2*1-5-3-4-6(2)7-5;2*1-3-4-2;/h2*3-4H,1-2H3;2*3H2,1-2H3;/q;;2*-1;+2. The van der Waals surface area contributed by atoms with E-state index in [1.807, 2.05) is 0 Å². The molecule has 0 radical (unpaired) electrons. The maximum atomic E-state index is 5.16. The van der Waals surface area contributed by atoms with Crippen LogP contribution in [0.1, 0.15) is 41.5 Å². The van der Waals surface area contributed by atoms with E-state index < -0.39 is 20.8 Å². The van der Waals surface area contributed by atoms with Crippen LogP contribution >= 0.6 is 0 Å². The average molecular weight is 396 g/mol. The third-order valence-corrected chi connectivity index (χ3v) is 20.9. The van der Waals surface area contributed by atoms with E-state index in [4.69, 9.17) is 9.98 Å². The van der Waals surface area contributed by atoms with Gasteiger partial charge in [0.15, 0.2) is 0 Å². The van der Waals surface area contributed by atoms with Crippen molar-refractivity contribution in [1.29, 1.82) is 0 Å². The van der Waals surface area contributed by atoms with Crippen molar-refractivity contribution in [1.82, 2.24) is 5.69 Å². The SMILES string of the molecule is CC[N](C)[Zr]([N](C)CC)([C]1(C)C=CC(C)=N1)[C]1(C)C=CC(C)=N1. The van der Waals surface area contributed by atoms with E-state index in [9.17, 15) is 0 Å². The van der Waals surface area contributed by atoms with Gasteiger partial charge in [0.25, 0.3) is 0 Å². The molecular formula is C18H32N4Zr. The minimum atomic E-state index is -3.36. The van der Waals surface area contributed by atoms with Crippen molar-refractivity contribution in [3.05, 3.63) is 24.3 Å². The first-order valence-corrected chi connectivity index (χ1v) is 13.3. The average Bonchev–Trinajstić information content (AvgIpc) is 3.02. The first-order valence-electron chi connectivity index (χ1n) is 8.60. The number of nitrogens with zero attached hydrogens (tertiary/aromatic N) is 4. The fraction of sp³-hybridized carbons (Fsp3) is 0.667. The van der Waals surface area contributed by atoms with E-state index in [1.165, 1.54) is 0 Å². The van der Waals surface area contributed by atoms with Crippen LogP contribution in [0.4, 0.5) is 0 Å². The van der Waals surface area contributed by atoms with Crippen molar-refractivity contribution < 1.29 is 20.8 Å². The molecule has 0 aromatic rings. The predicted molar refractivity (Wildman–Crippen MR) is 97.9 cm³/mol. The summed E-state index contributed by atoms with van der Waals surface area (Å²) in [5, 5.41) is 0. The molecule has 5 heteroatoms. The topological polar surface area (TPSA) is 31.2 Å². The Labute approximate surface area is 147 Å². The van der Waals surface area contributed by atoms with Crippen LogP contribution in [0, 0.1) is 0 Å². The van der Waals surface area contributed by atoms with Gasteiger partial charge in [-0.3, -0.25) is 0 Å². The van der Waals surface area contributed by atoms with Gasteiger partial charge in [-0.2, -0.15) is 0 Å². The van der Waals surface area contributed by atoms with Crippen molar-refractivity contribution in [2.75, 3.05) is 27.2 Å². The molecule has 0 aromatic heterocycles. The Bertz CT molecular complexity index is 540. The summed E-state index contributed by atoms with van der Waals surface area (Å²) in [5.41, 5.74) is 2.27. The van der Waals surface area contributed by atoms with Crippen LogP contribution in [-0.2, 0) is 20.8 Å². The summed E-state index contributed by atoms with van der Waals surface area (Å²) in [4.78, 5) is 10.3. The summed E-state index contributed by atoms with van der Waals surface area (Å²) in [6.07, 6.45) is 9.08. The molecule has 23 heavy (non-hydrogen) atoms. The molecule has 2 heterocycles. The van der Waals surface area contributed by atoms with Gasteiger partial charge in [0.2, 0.25) is 0 Å². The zero-order chi connectivity index (χ0) is 17.5. The van der Waals surface area contributed by atoms with Crippen molar-refractivity contribution in [3.8, 4) is 0 Å². The van der Waals surface area contributed by atoms with Gasteiger partial charge < -0.3 is 0 Å². The Morgan fingerprint density at radius 3 is 1.43 bits per heavy atom. The van der Waals surface area contributed by atoms with E-state index >= 15 is 0 Å². The summed E-state index contributed by atoms with van der Waals surface area (Å²) in [5.74, 6) is 0. The van der Waals surface area contributed by atoms with Gasteiger partial charge >= 0.3 is 147 Å². The Hall–Kier alpha value is -0.377. The third kappa shape index (κ3) is 2.69. The van der Waals surface area contributed by atoms with Gasteiger partial charge in [-0.25, -0.2) is 0 Å². The molecule has 2 atom stereocenters. The monoisotopic (exact) mass is 394 g/mol. The normalized spacial score (nSPS) is 30.5. The molecular weight excluding hydrogens is 363 g/mol. The van der Waals surface area contributed by atoms with Crippen LogP contribution in [0.3, 0.4) is 0 Å². The zero-order valence-corrected chi connectivity index (χ0v) is 18.5. The fourth-order valence-electron chi connectivity index (χ4n) is 4.64. The minimum absolute atomic E-state index is 0.151. The van der Waals surface area contributed by atoms with Crippen LogP contribution in [0.25, 0.3) is 0 Å². The second kappa shape index (κ2) is 6.50. The van der Waals surface area contributed by atoms with Crippen LogP contribution in [0.5, 0.6) is 0 Å². The Morgan fingerprint density at radius 2 is 1.22 bits per heavy atom. The predicted octanol–water partition coefficient (Wildman–Crippen LogP) is 3.37. The number of aliphatic imine (C=N–C) groups is 2. The van der Waals surface area contributed by atoms with E-state index in [-0.39, 0.29) is 6.49 Å². The number of allylic oxidation sites excluding steroid dienone is 2. The molecule has 0 saturated heterocycles.